The molecule has 13 heavy (non-hydrogen) atoms. The molecule has 0 saturated heterocycles. The molecule has 4 nitrogen and oxygen atoms in total. The second-order valence-corrected chi connectivity index (χ2v) is 3.16. The van der Waals surface area contributed by atoms with Crippen LogP contribution in [0.2, 0.25) is 0 Å². The molecule has 0 saturated carbocycles. The third kappa shape index (κ3) is 2.02. The fraction of sp³-hybridized carbons (Fsp3) is 0.143. The van der Waals surface area contributed by atoms with E-state index < -0.39 is 23.0 Å². The Kier molecular flexibility index (Phi) is 2.94. The molecule has 1 aromatic rings. The SMILES string of the molecule is O=[N+]([O-])c1cc(F)c(Br)cc1CO. The predicted octanol–water partition coefficient (Wildman–Crippen LogP) is 1.99. The van der Waals surface area contributed by atoms with Gasteiger partial charge in [-0.1, -0.05) is 0 Å². The predicted molar refractivity (Wildman–Crippen MR) is 46.7 cm³/mol. The summed E-state index contributed by atoms with van der Waals surface area (Å²) in [7, 11) is 0. The van der Waals surface area contributed by atoms with Gasteiger partial charge in [-0.05, 0) is 22.0 Å². The number of nitro benzene ring substituents is 1. The molecule has 0 aromatic heterocycles. The second-order valence-electron chi connectivity index (χ2n) is 2.31. The average molecular weight is 250 g/mol. The number of aliphatic hydroxyl groups excluding tert-OH is 1. The van der Waals surface area contributed by atoms with Crippen LogP contribution < -0.4 is 0 Å². The van der Waals surface area contributed by atoms with E-state index >= 15 is 0 Å². The van der Waals surface area contributed by atoms with Crippen LogP contribution in [0.4, 0.5) is 10.1 Å². The third-order valence-corrected chi connectivity index (χ3v) is 2.10. The maximum atomic E-state index is 12.8. The van der Waals surface area contributed by atoms with E-state index in [9.17, 15) is 14.5 Å². The Morgan fingerprint density at radius 1 is 1.62 bits per heavy atom. The minimum Gasteiger partial charge on any atom is -0.391 e. The Labute approximate surface area is 81.3 Å². The lowest BCUT2D eigenvalue weighted by Crippen LogP contribution is -1.96. The summed E-state index contributed by atoms with van der Waals surface area (Å²) >= 11 is 2.86. The molecule has 0 aliphatic heterocycles. The zero-order valence-corrected chi connectivity index (χ0v) is 7.91. The van der Waals surface area contributed by atoms with Gasteiger partial charge in [0.25, 0.3) is 5.69 Å². The average Bonchev–Trinajstić information content (AvgIpc) is 2.08. The molecule has 0 aliphatic rings. The first-order chi connectivity index (χ1) is 6.06. The van der Waals surface area contributed by atoms with E-state index in [4.69, 9.17) is 5.11 Å². The van der Waals surface area contributed by atoms with Gasteiger partial charge in [0.2, 0.25) is 0 Å². The highest BCUT2D eigenvalue weighted by molar-refractivity contribution is 9.10. The van der Waals surface area contributed by atoms with Crippen LogP contribution >= 0.6 is 15.9 Å². The first kappa shape index (κ1) is 10.1. The molecule has 0 radical (unpaired) electrons. The minimum atomic E-state index is -0.735. The van der Waals surface area contributed by atoms with Crippen LogP contribution in [-0.4, -0.2) is 10.0 Å². The number of halogens is 2. The van der Waals surface area contributed by atoms with Crippen molar-refractivity contribution in [3.63, 3.8) is 0 Å². The molecular weight excluding hydrogens is 245 g/mol. The van der Waals surface area contributed by atoms with Crippen molar-refractivity contribution in [2.45, 2.75) is 6.61 Å². The first-order valence-corrected chi connectivity index (χ1v) is 4.08. The molecule has 0 spiro atoms. The maximum absolute atomic E-state index is 12.8. The van der Waals surface area contributed by atoms with Gasteiger partial charge in [0.05, 0.1) is 27.6 Å². The van der Waals surface area contributed by atoms with Gasteiger partial charge in [0, 0.05) is 0 Å². The number of nitro groups is 1. The minimum absolute atomic E-state index is 0.0817. The van der Waals surface area contributed by atoms with Gasteiger partial charge >= 0.3 is 0 Å². The van der Waals surface area contributed by atoms with E-state index in [0.717, 1.165) is 6.07 Å². The molecule has 1 N–H and O–H groups in total. The highest BCUT2D eigenvalue weighted by Crippen LogP contribution is 2.25. The third-order valence-electron chi connectivity index (χ3n) is 1.49. The van der Waals surface area contributed by atoms with Gasteiger partial charge in [-0.2, -0.15) is 0 Å². The van der Waals surface area contributed by atoms with Crippen LogP contribution in [0, 0.1) is 15.9 Å². The highest BCUT2D eigenvalue weighted by Gasteiger charge is 2.16. The van der Waals surface area contributed by atoms with Gasteiger partial charge in [0.15, 0.2) is 0 Å². The van der Waals surface area contributed by atoms with Crippen LogP contribution in [0.15, 0.2) is 16.6 Å². The van der Waals surface area contributed by atoms with E-state index in [1.54, 1.807) is 0 Å². The molecule has 0 fully saturated rings. The van der Waals surface area contributed by atoms with Crippen molar-refractivity contribution in [2.24, 2.45) is 0 Å². The number of nitrogens with zero attached hydrogens (tertiary/aromatic N) is 1. The number of aliphatic hydroxyl groups is 1. The smallest absolute Gasteiger partial charge is 0.277 e. The zero-order valence-electron chi connectivity index (χ0n) is 6.33. The summed E-state index contributed by atoms with van der Waals surface area (Å²) in [4.78, 5) is 9.62. The number of hydrogen-bond acceptors (Lipinski definition) is 3. The molecule has 0 amide bonds. The molecule has 1 rings (SSSR count). The van der Waals surface area contributed by atoms with E-state index in [2.05, 4.69) is 15.9 Å². The topological polar surface area (TPSA) is 63.4 Å². The number of benzene rings is 1. The lowest BCUT2D eigenvalue weighted by atomic mass is 10.2. The van der Waals surface area contributed by atoms with Crippen LogP contribution in [0.25, 0.3) is 0 Å². The van der Waals surface area contributed by atoms with E-state index in [1.165, 1.54) is 6.07 Å². The summed E-state index contributed by atoms with van der Waals surface area (Å²) in [6.45, 7) is -0.491. The normalized spacial score (nSPS) is 10.1. The van der Waals surface area contributed by atoms with E-state index in [-0.39, 0.29) is 10.0 Å². The summed E-state index contributed by atoms with van der Waals surface area (Å²) in [5.41, 5.74) is -0.332. The quantitative estimate of drug-likeness (QED) is 0.644. The fourth-order valence-corrected chi connectivity index (χ4v) is 1.26. The van der Waals surface area contributed by atoms with Crippen molar-refractivity contribution >= 4 is 21.6 Å². The monoisotopic (exact) mass is 249 g/mol. The van der Waals surface area contributed by atoms with Gasteiger partial charge in [-0.3, -0.25) is 10.1 Å². The number of rotatable bonds is 2. The largest absolute Gasteiger partial charge is 0.391 e. The van der Waals surface area contributed by atoms with Crippen LogP contribution in [0.1, 0.15) is 5.56 Å². The van der Waals surface area contributed by atoms with Crippen LogP contribution in [0.3, 0.4) is 0 Å². The molecule has 0 aliphatic carbocycles. The Morgan fingerprint density at radius 2 is 2.23 bits per heavy atom. The van der Waals surface area contributed by atoms with Gasteiger partial charge in [-0.15, -0.1) is 0 Å². The molecule has 0 atom stereocenters. The Morgan fingerprint density at radius 3 is 2.69 bits per heavy atom. The summed E-state index contributed by atoms with van der Waals surface area (Å²) in [6.07, 6.45) is 0. The van der Waals surface area contributed by atoms with Crippen molar-refractivity contribution in [3.05, 3.63) is 38.1 Å². The van der Waals surface area contributed by atoms with Gasteiger partial charge in [0.1, 0.15) is 5.82 Å². The lowest BCUT2D eigenvalue weighted by Gasteiger charge is -2.00. The molecular formula is C7H5BrFNO3. The molecule has 70 valence electrons. The van der Waals surface area contributed by atoms with Crippen molar-refractivity contribution in [1.82, 2.24) is 0 Å². The highest BCUT2D eigenvalue weighted by atomic mass is 79.9. The summed E-state index contributed by atoms with van der Waals surface area (Å²) in [6, 6.07) is 1.96. The summed E-state index contributed by atoms with van der Waals surface area (Å²) < 4.78 is 12.9. The lowest BCUT2D eigenvalue weighted by molar-refractivity contribution is -0.386. The Hall–Kier alpha value is -1.01. The fourth-order valence-electron chi connectivity index (χ4n) is 0.874. The molecule has 6 heteroatoms. The molecule has 0 bridgehead atoms. The van der Waals surface area contributed by atoms with Crippen LogP contribution in [-0.2, 0) is 6.61 Å². The van der Waals surface area contributed by atoms with Crippen molar-refractivity contribution in [2.75, 3.05) is 0 Å². The molecule has 0 unspecified atom stereocenters. The maximum Gasteiger partial charge on any atom is 0.277 e. The first-order valence-electron chi connectivity index (χ1n) is 3.29. The van der Waals surface area contributed by atoms with Crippen molar-refractivity contribution < 1.29 is 14.4 Å². The summed E-state index contributed by atoms with van der Waals surface area (Å²) in [5.74, 6) is -0.719. The Balaban J connectivity index is 3.33. The Bertz CT molecular complexity index is 356. The van der Waals surface area contributed by atoms with E-state index in [1.807, 2.05) is 0 Å². The van der Waals surface area contributed by atoms with Crippen molar-refractivity contribution in [3.8, 4) is 0 Å². The van der Waals surface area contributed by atoms with Crippen molar-refractivity contribution in [1.29, 1.82) is 0 Å². The standard InChI is InChI=1S/C7H5BrFNO3/c8-5-1-4(3-11)7(10(12)13)2-6(5)9/h1-2,11H,3H2. The summed E-state index contributed by atoms with van der Waals surface area (Å²) in [5, 5.41) is 19.1. The van der Waals surface area contributed by atoms with Gasteiger partial charge in [-0.25, -0.2) is 4.39 Å². The second kappa shape index (κ2) is 3.80. The van der Waals surface area contributed by atoms with Gasteiger partial charge < -0.3 is 5.11 Å². The zero-order chi connectivity index (χ0) is 10.0. The number of hydrogen-bond donors (Lipinski definition) is 1. The molecule has 0 heterocycles. The van der Waals surface area contributed by atoms with Crippen LogP contribution in [0.5, 0.6) is 0 Å². The van der Waals surface area contributed by atoms with E-state index in [0.29, 0.717) is 0 Å². The molecule has 1 aromatic carbocycles.